The second-order valence-corrected chi connectivity index (χ2v) is 31.9. The van der Waals surface area contributed by atoms with Gasteiger partial charge in [0.15, 0.2) is 12.2 Å². The molecule has 558 valence electrons. The number of unbranched alkanes of at least 4 members (excludes halogenated alkanes) is 38. The molecule has 3 unspecified atom stereocenters. The maximum Gasteiger partial charge on any atom is 0.472 e. The number of aliphatic hydroxyl groups is 1. The van der Waals surface area contributed by atoms with Crippen LogP contribution in [0.15, 0.2) is 0 Å². The van der Waals surface area contributed by atoms with E-state index in [4.69, 9.17) is 37.0 Å². The number of hydrogen-bond donors (Lipinski definition) is 3. The van der Waals surface area contributed by atoms with Crippen LogP contribution in [0, 0.1) is 23.7 Å². The summed E-state index contributed by atoms with van der Waals surface area (Å²) in [5.41, 5.74) is 0. The standard InChI is InChI=1S/C75H146O17P2/c1-65(2)51-43-35-27-21-17-15-13-11-9-10-12-14-16-18-24-32-41-49-57-74(79)91-70(61-85-72(77)55-47-39-30-23-20-19-22-28-36-44-52-66(3)4)63-89-93(81,82)87-59-69(76)60-88-94(83,84)90-64-71(92-75(80)58-50-42-34-33-38-46-54-68(7)8)62-86-73(78)56-48-40-31-26-25-29-37-45-53-67(5)6/h65-71,76H,9-64H2,1-8H3,(H,81,82)(H,83,84)/t69?,70-,71-/m1/s1. The minimum atomic E-state index is -4.96. The summed E-state index contributed by atoms with van der Waals surface area (Å²) >= 11 is 0. The molecule has 17 nitrogen and oxygen atoms in total. The number of esters is 4. The van der Waals surface area contributed by atoms with Crippen LogP contribution in [0.4, 0.5) is 0 Å². The Labute approximate surface area is 575 Å². The van der Waals surface area contributed by atoms with Crippen molar-refractivity contribution < 1.29 is 80.2 Å². The van der Waals surface area contributed by atoms with Crippen LogP contribution in [0.25, 0.3) is 0 Å². The quantitative estimate of drug-likeness (QED) is 0.0222. The molecule has 0 fully saturated rings. The van der Waals surface area contributed by atoms with E-state index in [9.17, 15) is 43.2 Å². The van der Waals surface area contributed by atoms with Gasteiger partial charge in [0.05, 0.1) is 26.4 Å². The maximum atomic E-state index is 13.1. The fourth-order valence-corrected chi connectivity index (χ4v) is 13.0. The van der Waals surface area contributed by atoms with E-state index >= 15 is 0 Å². The monoisotopic (exact) mass is 1380 g/mol. The van der Waals surface area contributed by atoms with Crippen molar-refractivity contribution in [1.29, 1.82) is 0 Å². The highest BCUT2D eigenvalue weighted by molar-refractivity contribution is 7.47. The molecule has 0 amide bonds. The Morgan fingerprint density at radius 1 is 0.266 bits per heavy atom. The molecule has 0 aliphatic rings. The molecular weight excluding hydrogens is 1230 g/mol. The van der Waals surface area contributed by atoms with Crippen molar-refractivity contribution in [3.8, 4) is 0 Å². The van der Waals surface area contributed by atoms with Gasteiger partial charge in [-0.05, 0) is 49.4 Å². The molecular formula is C75H146O17P2. The summed E-state index contributed by atoms with van der Waals surface area (Å²) in [4.78, 5) is 72.7. The van der Waals surface area contributed by atoms with Gasteiger partial charge < -0.3 is 33.8 Å². The third-order valence-electron chi connectivity index (χ3n) is 17.3. The third kappa shape index (κ3) is 68.6. The number of rotatable bonds is 72. The van der Waals surface area contributed by atoms with E-state index in [2.05, 4.69) is 55.4 Å². The van der Waals surface area contributed by atoms with Crippen molar-refractivity contribution in [1.82, 2.24) is 0 Å². The molecule has 0 aliphatic carbocycles. The predicted octanol–water partition coefficient (Wildman–Crippen LogP) is 21.7. The second kappa shape index (κ2) is 64.4. The molecule has 94 heavy (non-hydrogen) atoms. The Kier molecular flexibility index (Phi) is 63.1. The van der Waals surface area contributed by atoms with Crippen molar-refractivity contribution in [2.24, 2.45) is 23.7 Å². The average Bonchev–Trinajstić information content (AvgIpc) is 1.04. The van der Waals surface area contributed by atoms with E-state index in [1.54, 1.807) is 0 Å². The Morgan fingerprint density at radius 3 is 0.660 bits per heavy atom. The molecule has 0 bridgehead atoms. The van der Waals surface area contributed by atoms with Crippen LogP contribution in [0.1, 0.15) is 376 Å². The molecule has 0 heterocycles. The molecule has 0 spiro atoms. The molecule has 19 heteroatoms. The van der Waals surface area contributed by atoms with E-state index in [0.29, 0.717) is 31.6 Å². The van der Waals surface area contributed by atoms with Crippen molar-refractivity contribution in [3.05, 3.63) is 0 Å². The zero-order valence-electron chi connectivity index (χ0n) is 61.6. The van der Waals surface area contributed by atoms with Gasteiger partial charge in [0, 0.05) is 25.7 Å². The summed E-state index contributed by atoms with van der Waals surface area (Å²) in [5, 5.41) is 10.6. The number of carbonyl (C=O) groups is 4. The van der Waals surface area contributed by atoms with E-state index in [0.717, 1.165) is 108 Å². The molecule has 0 radical (unpaired) electrons. The van der Waals surface area contributed by atoms with Crippen LogP contribution < -0.4 is 0 Å². The Morgan fingerprint density at radius 2 is 0.447 bits per heavy atom. The molecule has 0 aromatic rings. The van der Waals surface area contributed by atoms with Gasteiger partial charge in [-0.3, -0.25) is 37.3 Å². The van der Waals surface area contributed by atoms with Crippen molar-refractivity contribution >= 4 is 39.5 Å². The maximum absolute atomic E-state index is 13.1. The largest absolute Gasteiger partial charge is 0.472 e. The fourth-order valence-electron chi connectivity index (χ4n) is 11.4. The number of aliphatic hydroxyl groups excluding tert-OH is 1. The normalized spacial score (nSPS) is 14.2. The molecule has 5 atom stereocenters. The first kappa shape index (κ1) is 92.1. The molecule has 0 aliphatic heterocycles. The first-order valence-corrected chi connectivity index (χ1v) is 41.7. The molecule has 0 aromatic heterocycles. The Balaban J connectivity index is 5.18. The van der Waals surface area contributed by atoms with Crippen LogP contribution >= 0.6 is 15.6 Å². The van der Waals surface area contributed by atoms with E-state index < -0.39 is 97.5 Å². The average molecular weight is 1380 g/mol. The minimum absolute atomic E-state index is 0.101. The molecule has 0 rings (SSSR count). The van der Waals surface area contributed by atoms with Crippen molar-refractivity contribution in [2.45, 2.75) is 395 Å². The van der Waals surface area contributed by atoms with Crippen LogP contribution in [-0.4, -0.2) is 96.7 Å². The van der Waals surface area contributed by atoms with Crippen LogP contribution in [0.3, 0.4) is 0 Å². The zero-order chi connectivity index (χ0) is 69.6. The van der Waals surface area contributed by atoms with Gasteiger partial charge in [-0.2, -0.15) is 0 Å². The number of ether oxygens (including phenoxy) is 4. The number of carbonyl (C=O) groups excluding carboxylic acids is 4. The predicted molar refractivity (Wildman–Crippen MR) is 381 cm³/mol. The van der Waals surface area contributed by atoms with Gasteiger partial charge in [-0.25, -0.2) is 9.13 Å². The molecule has 3 N–H and O–H groups in total. The first-order chi connectivity index (χ1) is 45.1. The summed E-state index contributed by atoms with van der Waals surface area (Å²) in [6.45, 7) is 14.1. The lowest BCUT2D eigenvalue weighted by atomic mass is 10.0. The highest BCUT2D eigenvalue weighted by atomic mass is 31.2. The van der Waals surface area contributed by atoms with Crippen molar-refractivity contribution in [3.63, 3.8) is 0 Å². The Bertz CT molecular complexity index is 1850. The highest BCUT2D eigenvalue weighted by Crippen LogP contribution is 2.45. The smallest absolute Gasteiger partial charge is 0.462 e. The van der Waals surface area contributed by atoms with Gasteiger partial charge in [0.25, 0.3) is 0 Å². The number of phosphoric ester groups is 2. The Hall–Kier alpha value is -1.94. The van der Waals surface area contributed by atoms with E-state index in [-0.39, 0.29) is 25.7 Å². The highest BCUT2D eigenvalue weighted by Gasteiger charge is 2.30. The number of phosphoric acid groups is 2. The minimum Gasteiger partial charge on any atom is -0.462 e. The SMILES string of the molecule is CC(C)CCCCCCCCCCCCCCCCCCCCC(=O)O[C@H](COC(=O)CCCCCCCCCCCCC(C)C)COP(=O)(O)OCC(O)COP(=O)(O)OC[C@@H](COC(=O)CCCCCCCCCCC(C)C)OC(=O)CCCCCCCCC(C)C. The van der Waals surface area contributed by atoms with Crippen LogP contribution in [-0.2, 0) is 65.4 Å². The zero-order valence-corrected chi connectivity index (χ0v) is 63.4. The van der Waals surface area contributed by atoms with E-state index in [1.165, 1.54) is 180 Å². The first-order valence-electron chi connectivity index (χ1n) is 38.7. The summed E-state index contributed by atoms with van der Waals surface area (Å²) in [6.07, 6.45) is 48.9. The van der Waals surface area contributed by atoms with Crippen LogP contribution in [0.2, 0.25) is 0 Å². The lowest BCUT2D eigenvalue weighted by Crippen LogP contribution is -2.30. The summed E-state index contributed by atoms with van der Waals surface area (Å²) < 4.78 is 68.4. The van der Waals surface area contributed by atoms with Gasteiger partial charge in [-0.15, -0.1) is 0 Å². The van der Waals surface area contributed by atoms with Gasteiger partial charge in [0.1, 0.15) is 19.3 Å². The summed E-state index contributed by atoms with van der Waals surface area (Å²) in [7, 11) is -9.91. The lowest BCUT2D eigenvalue weighted by molar-refractivity contribution is -0.161. The molecule has 0 saturated heterocycles. The van der Waals surface area contributed by atoms with Gasteiger partial charge in [-0.1, -0.05) is 325 Å². The summed E-state index contributed by atoms with van der Waals surface area (Å²) in [6, 6.07) is 0. The molecule has 0 saturated carbocycles. The lowest BCUT2D eigenvalue weighted by Gasteiger charge is -2.21. The number of hydrogen-bond acceptors (Lipinski definition) is 15. The third-order valence-corrected chi connectivity index (χ3v) is 19.2. The van der Waals surface area contributed by atoms with Gasteiger partial charge in [0.2, 0.25) is 0 Å². The van der Waals surface area contributed by atoms with Gasteiger partial charge >= 0.3 is 39.5 Å². The second-order valence-electron chi connectivity index (χ2n) is 28.9. The fraction of sp³-hybridized carbons (Fsp3) is 0.947. The van der Waals surface area contributed by atoms with Crippen molar-refractivity contribution in [2.75, 3.05) is 39.6 Å². The summed E-state index contributed by atoms with van der Waals surface area (Å²) in [5.74, 6) is 0.847. The molecule has 0 aromatic carbocycles. The van der Waals surface area contributed by atoms with Crippen LogP contribution in [0.5, 0.6) is 0 Å². The van der Waals surface area contributed by atoms with E-state index in [1.807, 2.05) is 0 Å². The topological polar surface area (TPSA) is 237 Å².